The van der Waals surface area contributed by atoms with Gasteiger partial charge in [0, 0.05) is 17.7 Å². The lowest BCUT2D eigenvalue weighted by Gasteiger charge is -2.13. The van der Waals surface area contributed by atoms with Crippen molar-refractivity contribution in [2.24, 2.45) is 0 Å². The maximum Gasteiger partial charge on any atom is 0.354 e. The largest absolute Gasteiger partial charge is 0.466 e. The van der Waals surface area contributed by atoms with Gasteiger partial charge in [-0.1, -0.05) is 42.5 Å². The predicted octanol–water partition coefficient (Wildman–Crippen LogP) is 2.75. The van der Waals surface area contributed by atoms with Crippen LogP contribution in [0.25, 0.3) is 0 Å². The second-order valence-electron chi connectivity index (χ2n) is 5.33. The van der Waals surface area contributed by atoms with Crippen molar-refractivity contribution in [3.05, 3.63) is 77.5 Å². The molecule has 0 unspecified atom stereocenters. The minimum Gasteiger partial charge on any atom is -0.466 e. The first kappa shape index (κ1) is 18.9. The molecule has 0 atom stereocenters. The maximum absolute atomic E-state index is 12.7. The topological polar surface area (TPSA) is 81.7 Å². The van der Waals surface area contributed by atoms with E-state index in [0.717, 1.165) is 11.6 Å². The number of anilines is 1. The normalized spacial score (nSPS) is 10.8. The smallest absolute Gasteiger partial charge is 0.354 e. The minimum absolute atomic E-state index is 0.124. The Bertz CT molecular complexity index is 827. The third-order valence-electron chi connectivity index (χ3n) is 3.57. The summed E-state index contributed by atoms with van der Waals surface area (Å²) in [6.07, 6.45) is 1.19. The number of benzene rings is 2. The fraction of sp³-hybridized carbons (Fsp3) is 0.150. The van der Waals surface area contributed by atoms with Crippen LogP contribution in [0.3, 0.4) is 0 Å². The zero-order chi connectivity index (χ0) is 18.9. The van der Waals surface area contributed by atoms with Crippen molar-refractivity contribution in [2.75, 3.05) is 19.5 Å². The fourth-order valence-electron chi connectivity index (χ4n) is 2.29. The Morgan fingerprint density at radius 1 is 0.923 bits per heavy atom. The average molecular weight is 353 g/mol. The van der Waals surface area contributed by atoms with Gasteiger partial charge >= 0.3 is 11.9 Å². The van der Waals surface area contributed by atoms with Gasteiger partial charge in [0.15, 0.2) is 5.78 Å². The molecule has 0 spiro atoms. The van der Waals surface area contributed by atoms with Gasteiger partial charge in [0.05, 0.1) is 20.3 Å². The third-order valence-corrected chi connectivity index (χ3v) is 3.57. The number of nitrogens with one attached hydrogen (secondary N) is 1. The number of esters is 2. The summed E-state index contributed by atoms with van der Waals surface area (Å²) in [5, 5.41) is 2.80. The summed E-state index contributed by atoms with van der Waals surface area (Å²) in [4.78, 5) is 36.0. The Balaban J connectivity index is 2.29. The third kappa shape index (κ3) is 5.04. The van der Waals surface area contributed by atoms with Gasteiger partial charge in [-0.05, 0) is 17.7 Å². The average Bonchev–Trinajstić information content (AvgIpc) is 2.67. The van der Waals surface area contributed by atoms with E-state index in [1.165, 1.54) is 14.2 Å². The van der Waals surface area contributed by atoms with Crippen molar-refractivity contribution in [1.29, 1.82) is 0 Å². The predicted molar refractivity (Wildman–Crippen MR) is 96.7 cm³/mol. The lowest BCUT2D eigenvalue weighted by Crippen LogP contribution is -2.17. The van der Waals surface area contributed by atoms with E-state index in [4.69, 9.17) is 0 Å². The minimum atomic E-state index is -0.749. The molecule has 0 radical (unpaired) electrons. The van der Waals surface area contributed by atoms with Gasteiger partial charge < -0.3 is 14.8 Å². The van der Waals surface area contributed by atoms with Crippen molar-refractivity contribution in [3.8, 4) is 0 Å². The maximum atomic E-state index is 12.7. The first-order valence-corrected chi connectivity index (χ1v) is 7.86. The number of carbonyl (C=O) groups excluding carboxylic acids is 3. The fourth-order valence-corrected chi connectivity index (χ4v) is 2.29. The zero-order valence-corrected chi connectivity index (χ0v) is 14.5. The van der Waals surface area contributed by atoms with Crippen molar-refractivity contribution in [1.82, 2.24) is 0 Å². The summed E-state index contributed by atoms with van der Waals surface area (Å²) >= 11 is 0. The number of para-hydroxylation sites is 1. The summed E-state index contributed by atoms with van der Waals surface area (Å²) in [5.74, 6) is -1.59. The number of rotatable bonds is 7. The molecule has 0 aliphatic rings. The zero-order valence-electron chi connectivity index (χ0n) is 14.5. The lowest BCUT2D eigenvalue weighted by molar-refractivity contribution is -0.138. The highest BCUT2D eigenvalue weighted by Gasteiger charge is 2.17. The molecule has 0 saturated carbocycles. The van der Waals surface area contributed by atoms with E-state index < -0.39 is 11.9 Å². The molecule has 2 aromatic rings. The molecule has 0 aliphatic carbocycles. The molecule has 0 bridgehead atoms. The molecule has 0 heterocycles. The van der Waals surface area contributed by atoms with E-state index in [0.29, 0.717) is 11.3 Å². The Morgan fingerprint density at radius 2 is 1.58 bits per heavy atom. The Kier molecular flexibility index (Phi) is 6.68. The van der Waals surface area contributed by atoms with Gasteiger partial charge in [0.25, 0.3) is 0 Å². The molecule has 134 valence electrons. The molecule has 6 nitrogen and oxygen atoms in total. The molecular formula is C20H19NO5. The number of carbonyl (C=O) groups is 3. The van der Waals surface area contributed by atoms with E-state index >= 15 is 0 Å². The van der Waals surface area contributed by atoms with Crippen LogP contribution in [0.5, 0.6) is 0 Å². The van der Waals surface area contributed by atoms with Gasteiger partial charge in [0.1, 0.15) is 5.70 Å². The highest BCUT2D eigenvalue weighted by molar-refractivity contribution is 6.05. The van der Waals surface area contributed by atoms with Crippen molar-refractivity contribution in [3.63, 3.8) is 0 Å². The van der Waals surface area contributed by atoms with Crippen LogP contribution in [0.1, 0.15) is 15.9 Å². The molecule has 2 rings (SSSR count). The van der Waals surface area contributed by atoms with E-state index in [9.17, 15) is 14.4 Å². The number of ether oxygens (including phenoxy) is 2. The molecule has 0 aromatic heterocycles. The molecule has 0 aliphatic heterocycles. The van der Waals surface area contributed by atoms with Crippen LogP contribution in [0.15, 0.2) is 66.4 Å². The first-order chi connectivity index (χ1) is 12.5. The molecular weight excluding hydrogens is 334 g/mol. The van der Waals surface area contributed by atoms with Crippen LogP contribution < -0.4 is 5.32 Å². The summed E-state index contributed by atoms with van der Waals surface area (Å²) in [6.45, 7) is 0. The number of methoxy groups -OCH3 is 2. The van der Waals surface area contributed by atoms with Gasteiger partial charge in [-0.25, -0.2) is 9.59 Å². The van der Waals surface area contributed by atoms with Crippen molar-refractivity contribution in [2.45, 2.75) is 6.42 Å². The van der Waals surface area contributed by atoms with Crippen LogP contribution in [0.2, 0.25) is 0 Å². The van der Waals surface area contributed by atoms with Crippen LogP contribution in [0.4, 0.5) is 5.69 Å². The molecule has 0 amide bonds. The van der Waals surface area contributed by atoms with Crippen LogP contribution in [-0.2, 0) is 25.5 Å². The van der Waals surface area contributed by atoms with E-state index in [1.54, 1.807) is 24.3 Å². The second kappa shape index (κ2) is 9.17. The molecule has 1 N–H and O–H groups in total. The summed E-state index contributed by atoms with van der Waals surface area (Å²) in [7, 11) is 2.40. The summed E-state index contributed by atoms with van der Waals surface area (Å²) in [6, 6.07) is 16.1. The highest BCUT2D eigenvalue weighted by atomic mass is 16.5. The molecule has 26 heavy (non-hydrogen) atoms. The van der Waals surface area contributed by atoms with Gasteiger partial charge in [-0.2, -0.15) is 0 Å². The molecule has 0 saturated heterocycles. The second-order valence-corrected chi connectivity index (χ2v) is 5.33. The molecule has 2 aromatic carbocycles. The van der Waals surface area contributed by atoms with Crippen molar-refractivity contribution < 1.29 is 23.9 Å². The lowest BCUT2D eigenvalue weighted by atomic mass is 10.0. The molecule has 0 fully saturated rings. The number of hydrogen-bond donors (Lipinski definition) is 1. The van der Waals surface area contributed by atoms with E-state index in [1.807, 2.05) is 30.3 Å². The monoisotopic (exact) mass is 353 g/mol. The number of Topliss-reactive ketones (excluding diaryl/α,β-unsaturated/α-hetero) is 1. The highest BCUT2D eigenvalue weighted by Crippen LogP contribution is 2.20. The van der Waals surface area contributed by atoms with Gasteiger partial charge in [0.2, 0.25) is 0 Å². The van der Waals surface area contributed by atoms with Crippen LogP contribution in [-0.4, -0.2) is 31.9 Å². The van der Waals surface area contributed by atoms with E-state index in [2.05, 4.69) is 14.8 Å². The Hall–Kier alpha value is -3.41. The Morgan fingerprint density at radius 3 is 2.23 bits per heavy atom. The van der Waals surface area contributed by atoms with Gasteiger partial charge in [-0.3, -0.25) is 4.79 Å². The van der Waals surface area contributed by atoms with Gasteiger partial charge in [-0.15, -0.1) is 0 Å². The number of hydrogen-bond acceptors (Lipinski definition) is 6. The Labute approximate surface area is 151 Å². The molecule has 6 heteroatoms. The summed E-state index contributed by atoms with van der Waals surface area (Å²) < 4.78 is 9.20. The quantitative estimate of drug-likeness (QED) is 0.468. The SMILES string of the molecule is COC(=O)/C=C(/Nc1ccccc1C(=O)Cc1ccccc1)C(=O)OC. The van der Waals surface area contributed by atoms with E-state index in [-0.39, 0.29) is 17.9 Å². The first-order valence-electron chi connectivity index (χ1n) is 7.86. The van der Waals surface area contributed by atoms with Crippen LogP contribution in [0, 0.1) is 0 Å². The standard InChI is InChI=1S/C20H19NO5/c1-25-19(23)13-17(20(24)26-2)21-16-11-7-6-10-15(16)18(22)12-14-8-4-3-5-9-14/h3-11,13,21H,12H2,1-2H3/b17-13+. The van der Waals surface area contributed by atoms with Crippen LogP contribution >= 0.6 is 0 Å². The summed E-state index contributed by atoms with van der Waals surface area (Å²) in [5.41, 5.74) is 1.55. The van der Waals surface area contributed by atoms with Crippen molar-refractivity contribution >= 4 is 23.4 Å². The number of ketones is 1.